The summed E-state index contributed by atoms with van der Waals surface area (Å²) in [5.74, 6) is 0.156. The number of hydrogen-bond donors (Lipinski definition) is 0. The van der Waals surface area contributed by atoms with Crippen molar-refractivity contribution >= 4 is 33.8 Å². The molecule has 458 valence electrons. The third-order valence-electron chi connectivity index (χ3n) is 13.6. The van der Waals surface area contributed by atoms with Crippen molar-refractivity contribution in [1.82, 2.24) is 0 Å². The zero-order valence-corrected chi connectivity index (χ0v) is 43.6. The topological polar surface area (TPSA) is 20.9 Å². The number of hydrogen-bond acceptors (Lipinski definition) is 1. The Bertz CT molecular complexity index is 2710. The fraction of sp³-hybridized carbons (Fsp3) is 0.368. The predicted octanol–water partition coefficient (Wildman–Crippen LogP) is 17.5. The molecule has 0 radical (unpaired) electrons. The second-order valence-electron chi connectivity index (χ2n) is 19.8. The Hall–Kier alpha value is -6.70. The third-order valence-corrected chi connectivity index (χ3v) is 13.6. The molecule has 1 aromatic heterocycles. The predicted molar refractivity (Wildman–Crippen MR) is 263 cm³/mol. The van der Waals surface area contributed by atoms with E-state index in [0.717, 1.165) is 12.0 Å². The van der Waals surface area contributed by atoms with Crippen LogP contribution in [-0.2, 0) is 62.4 Å². The maximum absolute atomic E-state index is 14.2. The first-order valence-corrected chi connectivity index (χ1v) is 25.5. The van der Waals surface area contributed by atoms with Crippen molar-refractivity contribution in [1.29, 1.82) is 0 Å². The summed E-state index contributed by atoms with van der Waals surface area (Å²) in [7, 11) is 0. The molecule has 0 unspecified atom stereocenters. The van der Waals surface area contributed by atoms with Crippen molar-refractivity contribution in [3.8, 4) is 0 Å². The highest BCUT2D eigenvalue weighted by atomic mass is 19.4. The number of benzene rings is 5. The van der Waals surface area contributed by atoms with Gasteiger partial charge >= 0.3 is 49.4 Å². The van der Waals surface area contributed by atoms with Crippen molar-refractivity contribution in [2.45, 2.75) is 134 Å². The van der Waals surface area contributed by atoms with Gasteiger partial charge in [0, 0.05) is 17.7 Å². The van der Waals surface area contributed by atoms with Crippen LogP contribution >= 0.6 is 0 Å². The number of carbonyl (C=O) groups excluding carboxylic acids is 1. The number of unbranched alkanes of at least 4 members (excludes halogenated alkanes) is 9. The monoisotopic (exact) mass is 1230 g/mol. The Morgan fingerprint density at radius 1 is 0.345 bits per heavy atom. The molecule has 84 heavy (non-hydrogen) atoms. The van der Waals surface area contributed by atoms with Crippen LogP contribution in [0.25, 0.3) is 0 Å². The number of pyridine rings is 1. The summed E-state index contributed by atoms with van der Waals surface area (Å²) in [6.45, 7) is 2.68. The van der Waals surface area contributed by atoms with E-state index in [2.05, 4.69) is 19.1 Å². The van der Waals surface area contributed by atoms with E-state index in [1.165, 1.54) is 69.8 Å². The number of ketones is 1. The van der Waals surface area contributed by atoms with E-state index in [-0.39, 0.29) is 5.78 Å². The molecule has 2 nitrogen and oxygen atoms in total. The van der Waals surface area contributed by atoms with Gasteiger partial charge in [0.2, 0.25) is 12.3 Å². The molecule has 0 saturated heterocycles. The van der Waals surface area contributed by atoms with Gasteiger partial charge in [-0.1, -0.05) is 144 Å². The molecule has 1 heterocycles. The zero-order valence-electron chi connectivity index (χ0n) is 43.6. The van der Waals surface area contributed by atoms with Gasteiger partial charge in [-0.15, -0.1) is 0 Å². The van der Waals surface area contributed by atoms with Crippen LogP contribution in [0.4, 0.5) is 105 Å². The number of alkyl halides is 24. The van der Waals surface area contributed by atoms with Gasteiger partial charge in [0.25, 0.3) is 0 Å². The molecule has 5 aromatic carbocycles. The fourth-order valence-corrected chi connectivity index (χ4v) is 9.53. The van der Waals surface area contributed by atoms with Crippen molar-refractivity contribution in [3.63, 3.8) is 0 Å². The van der Waals surface area contributed by atoms with Crippen molar-refractivity contribution in [3.05, 3.63) is 183 Å². The molecule has 6 aromatic rings. The van der Waals surface area contributed by atoms with Crippen LogP contribution in [0.2, 0.25) is 0 Å². The van der Waals surface area contributed by atoms with Crippen LogP contribution < -0.4 is 26.4 Å². The summed E-state index contributed by atoms with van der Waals surface area (Å²) in [6, 6.07) is 5.02. The van der Waals surface area contributed by atoms with Gasteiger partial charge in [0.05, 0.1) is 44.5 Å². The van der Waals surface area contributed by atoms with Gasteiger partial charge in [0.1, 0.15) is 6.15 Å². The quantitative estimate of drug-likeness (QED) is 0.0276. The summed E-state index contributed by atoms with van der Waals surface area (Å²) in [5, 5.41) is 0. The van der Waals surface area contributed by atoms with Crippen molar-refractivity contribution in [2.75, 3.05) is 0 Å². The van der Waals surface area contributed by atoms with E-state index in [0.29, 0.717) is 6.54 Å². The summed E-state index contributed by atoms with van der Waals surface area (Å²) in [4.78, 5) is 12.2. The highest BCUT2D eigenvalue weighted by Crippen LogP contribution is 2.41. The molecule has 0 spiro atoms. The Morgan fingerprint density at radius 3 is 0.845 bits per heavy atom. The number of aryl methyl sites for hydroxylation is 1. The summed E-state index contributed by atoms with van der Waals surface area (Å²) in [5.41, 5.74) is -28.1. The molecule has 0 bridgehead atoms. The number of rotatable bonds is 18. The molecule has 0 fully saturated rings. The molecule has 6 rings (SSSR count). The molecule has 0 aliphatic rings. The van der Waals surface area contributed by atoms with Crippen molar-refractivity contribution < 1.29 is 115 Å². The molecule has 0 atom stereocenters. The first kappa shape index (κ1) is 68.1. The zero-order chi connectivity index (χ0) is 63.1. The molecule has 0 aliphatic carbocycles. The van der Waals surface area contributed by atoms with Gasteiger partial charge in [-0.25, -0.2) is 0 Å². The van der Waals surface area contributed by atoms with E-state index < -0.39 is 195 Å². The largest absolute Gasteiger partial charge is 0.416 e. The number of halogens is 24. The van der Waals surface area contributed by atoms with Gasteiger partial charge in [0.15, 0.2) is 12.4 Å². The summed E-state index contributed by atoms with van der Waals surface area (Å²) in [6.07, 6.45) is -35.8. The Morgan fingerprint density at radius 2 is 0.595 bits per heavy atom. The highest BCUT2D eigenvalue weighted by molar-refractivity contribution is 7.20. The third kappa shape index (κ3) is 18.2. The number of aromatic nitrogens is 1. The molecule has 0 aliphatic heterocycles. The SMILES string of the molecule is CCCCCCCCCCCCc1cc[n+](CC(=O)c2ccccc2)cc1.FC(F)(F)c1cc([B-](c2cc(C(F)(F)F)cc(C(F)(F)F)c2)(c2cc(C(F)(F)F)cc(C(F)(F)F)c2)c2cc(C(F)(F)F)cc(C(F)(F)F)c2)cc(C(F)(F)F)c1. The Labute approximate surface area is 464 Å². The standard InChI is InChI=1S/C32H12BF24.C25H36NO/c34-25(35,36)13-1-14(26(37,38)39)6-21(5-13)33(22-7-15(27(40,41)42)2-16(8-22)28(43,44)45,23-9-17(29(46,47)48)3-18(10-23)30(49,50)51)24-11-19(31(52,53)54)4-20(12-24)32(55,56)57;1-2-3-4-5-6-7-8-9-10-12-15-23-18-20-26(21-19-23)22-25(27)24-16-13-11-14-17-24/h1-12H;11,13-14,16-21H,2-10,12,15,22H2,1H3/q-1;+1. The normalized spacial score (nSPS) is 13.2. The molecule has 0 saturated carbocycles. The molecular weight excluding hydrogens is 1180 g/mol. The lowest BCUT2D eigenvalue weighted by Gasteiger charge is -2.46. The van der Waals surface area contributed by atoms with E-state index >= 15 is 0 Å². The maximum atomic E-state index is 14.2. The van der Waals surface area contributed by atoms with E-state index in [1.807, 2.05) is 47.3 Å². The Kier molecular flexibility index (Phi) is 21.3. The number of carbonyl (C=O) groups is 1. The molecule has 0 N–H and O–H groups in total. The van der Waals surface area contributed by atoms with Crippen LogP contribution in [0.5, 0.6) is 0 Å². The maximum Gasteiger partial charge on any atom is 0.416 e. The first-order valence-electron chi connectivity index (χ1n) is 25.5. The minimum Gasteiger partial charge on any atom is -0.287 e. The fourth-order valence-electron chi connectivity index (χ4n) is 9.53. The lowest BCUT2D eigenvalue weighted by atomic mass is 9.12. The van der Waals surface area contributed by atoms with E-state index in [1.54, 1.807) is 0 Å². The van der Waals surface area contributed by atoms with Gasteiger partial charge in [-0.3, -0.25) is 4.79 Å². The molecule has 27 heteroatoms. The average Bonchev–Trinajstić information content (AvgIpc) is 0.926. The van der Waals surface area contributed by atoms with E-state index in [9.17, 15) is 110 Å². The van der Waals surface area contributed by atoms with E-state index in [4.69, 9.17) is 0 Å². The highest BCUT2D eigenvalue weighted by Gasteiger charge is 2.47. The van der Waals surface area contributed by atoms with Gasteiger partial charge < -0.3 is 0 Å². The van der Waals surface area contributed by atoms with Crippen LogP contribution in [0.15, 0.2) is 128 Å². The van der Waals surface area contributed by atoms with Crippen molar-refractivity contribution in [2.24, 2.45) is 0 Å². The van der Waals surface area contributed by atoms with Crippen LogP contribution in [0, 0.1) is 0 Å². The number of nitrogens with zero attached hydrogens (tertiary/aromatic N) is 1. The average molecular weight is 1230 g/mol. The minimum atomic E-state index is -6.13. The van der Waals surface area contributed by atoms with Gasteiger partial charge in [-0.05, 0) is 42.7 Å². The molecule has 0 amide bonds. The lowest BCUT2D eigenvalue weighted by Crippen LogP contribution is -2.75. The first-order chi connectivity index (χ1) is 38.6. The lowest BCUT2D eigenvalue weighted by molar-refractivity contribution is -0.683. The van der Waals surface area contributed by atoms with Crippen LogP contribution in [-0.4, -0.2) is 11.9 Å². The second-order valence-corrected chi connectivity index (χ2v) is 19.8. The summed E-state index contributed by atoms with van der Waals surface area (Å²) >= 11 is 0. The van der Waals surface area contributed by atoms with Crippen LogP contribution in [0.1, 0.15) is 132 Å². The smallest absolute Gasteiger partial charge is 0.287 e. The second kappa shape index (κ2) is 26.3. The molecular formula is C57H48BF24NO. The summed E-state index contributed by atoms with van der Waals surface area (Å²) < 4.78 is 343. The van der Waals surface area contributed by atoms with Crippen LogP contribution in [0.3, 0.4) is 0 Å². The minimum absolute atomic E-state index is 0.156. The Balaban J connectivity index is 0.000000398. The number of Topliss-reactive ketones (excluding diaryl/α,β-unsaturated/α-hetero) is 1. The van der Waals surface area contributed by atoms with Gasteiger partial charge in [-0.2, -0.15) is 132 Å².